The summed E-state index contributed by atoms with van der Waals surface area (Å²) < 4.78 is 0. The van der Waals surface area contributed by atoms with Gasteiger partial charge in [0.2, 0.25) is 5.91 Å². The zero-order chi connectivity index (χ0) is 17.6. The number of likely N-dealkylation sites (N-methyl/N-ethyl adjacent to an activating group) is 1. The summed E-state index contributed by atoms with van der Waals surface area (Å²) in [6, 6.07) is 9.73. The summed E-state index contributed by atoms with van der Waals surface area (Å²) in [6.07, 6.45) is 4.14. The molecule has 136 valence electrons. The minimum Gasteiger partial charge on any atom is -0.334 e. The summed E-state index contributed by atoms with van der Waals surface area (Å²) in [5.74, 6) is 1.51. The lowest BCUT2D eigenvalue weighted by molar-refractivity contribution is -0.133. The second-order valence-corrected chi connectivity index (χ2v) is 8.55. The van der Waals surface area contributed by atoms with Crippen molar-refractivity contribution < 1.29 is 4.79 Å². The smallest absolute Gasteiger partial charge is 0.237 e. The van der Waals surface area contributed by atoms with Crippen LogP contribution in [0.25, 0.3) is 0 Å². The third-order valence-electron chi connectivity index (χ3n) is 6.56. The molecule has 3 aliphatic rings. The van der Waals surface area contributed by atoms with Gasteiger partial charge in [-0.3, -0.25) is 9.69 Å². The lowest BCUT2D eigenvalue weighted by Crippen LogP contribution is -2.43. The van der Waals surface area contributed by atoms with Crippen molar-refractivity contribution in [2.45, 2.75) is 38.3 Å². The summed E-state index contributed by atoms with van der Waals surface area (Å²) in [7, 11) is 3.96. The van der Waals surface area contributed by atoms with E-state index in [9.17, 15) is 4.79 Å². The van der Waals surface area contributed by atoms with Crippen molar-refractivity contribution in [1.29, 1.82) is 0 Å². The van der Waals surface area contributed by atoms with Gasteiger partial charge in [0.15, 0.2) is 0 Å². The van der Waals surface area contributed by atoms with Gasteiger partial charge in [-0.05, 0) is 50.9 Å². The van der Waals surface area contributed by atoms with Gasteiger partial charge in [-0.25, -0.2) is 0 Å². The third kappa shape index (κ3) is 3.11. The van der Waals surface area contributed by atoms with E-state index in [1.165, 1.54) is 43.5 Å². The van der Waals surface area contributed by atoms with Crippen LogP contribution in [0.2, 0.25) is 0 Å². The van der Waals surface area contributed by atoms with Crippen LogP contribution in [0, 0.1) is 18.8 Å². The number of hydrogen-bond acceptors (Lipinski definition) is 3. The quantitative estimate of drug-likeness (QED) is 0.842. The van der Waals surface area contributed by atoms with Crippen molar-refractivity contribution in [1.82, 2.24) is 14.7 Å². The molecule has 0 spiro atoms. The highest BCUT2D eigenvalue weighted by Crippen LogP contribution is 2.47. The van der Waals surface area contributed by atoms with E-state index in [2.05, 4.69) is 41.0 Å². The van der Waals surface area contributed by atoms with E-state index in [0.29, 0.717) is 18.4 Å². The molecule has 0 radical (unpaired) electrons. The van der Waals surface area contributed by atoms with E-state index in [0.717, 1.165) is 12.6 Å². The number of carbonyl (C=O) groups excluding carboxylic acids is 1. The Morgan fingerprint density at radius 2 is 1.92 bits per heavy atom. The fourth-order valence-electron chi connectivity index (χ4n) is 5.06. The Hall–Kier alpha value is -1.39. The molecule has 1 amide bonds. The molecule has 0 unspecified atom stereocenters. The minimum atomic E-state index is 0.253. The molecule has 2 aliphatic heterocycles. The second-order valence-electron chi connectivity index (χ2n) is 8.55. The molecule has 4 nitrogen and oxygen atoms in total. The third-order valence-corrected chi connectivity index (χ3v) is 6.56. The first-order valence-corrected chi connectivity index (χ1v) is 9.78. The second kappa shape index (κ2) is 6.73. The Morgan fingerprint density at radius 3 is 2.56 bits per heavy atom. The summed E-state index contributed by atoms with van der Waals surface area (Å²) in [6.45, 7) is 5.98. The molecular formula is C21H31N3O. The molecule has 4 rings (SSSR count). The molecule has 3 fully saturated rings. The number of hydrogen-bond donors (Lipinski definition) is 0. The highest BCUT2D eigenvalue weighted by atomic mass is 16.2. The van der Waals surface area contributed by atoms with Crippen LogP contribution in [0.5, 0.6) is 0 Å². The average molecular weight is 341 g/mol. The van der Waals surface area contributed by atoms with Gasteiger partial charge in [-0.15, -0.1) is 0 Å². The first-order chi connectivity index (χ1) is 12.0. The number of likely N-dealkylation sites (tertiary alicyclic amines) is 2. The molecule has 0 aromatic heterocycles. The molecule has 2 heterocycles. The van der Waals surface area contributed by atoms with E-state index in [1.54, 1.807) is 0 Å². The van der Waals surface area contributed by atoms with Crippen molar-refractivity contribution in [3.8, 4) is 0 Å². The molecule has 1 saturated carbocycles. The van der Waals surface area contributed by atoms with Crippen LogP contribution >= 0.6 is 0 Å². The number of nitrogens with zero attached hydrogens (tertiary/aromatic N) is 3. The lowest BCUT2D eigenvalue weighted by atomic mass is 9.87. The maximum absolute atomic E-state index is 12.9. The van der Waals surface area contributed by atoms with Crippen molar-refractivity contribution in [3.63, 3.8) is 0 Å². The zero-order valence-corrected chi connectivity index (χ0v) is 15.8. The van der Waals surface area contributed by atoms with Gasteiger partial charge >= 0.3 is 0 Å². The summed E-state index contributed by atoms with van der Waals surface area (Å²) in [4.78, 5) is 19.8. The van der Waals surface area contributed by atoms with Gasteiger partial charge in [-0.1, -0.05) is 30.7 Å². The Balaban J connectivity index is 1.61. The van der Waals surface area contributed by atoms with E-state index >= 15 is 0 Å². The van der Waals surface area contributed by atoms with Gasteiger partial charge < -0.3 is 9.80 Å². The molecule has 2 saturated heterocycles. The van der Waals surface area contributed by atoms with E-state index < -0.39 is 0 Å². The monoisotopic (exact) mass is 341 g/mol. The van der Waals surface area contributed by atoms with Crippen LogP contribution in [0.3, 0.4) is 0 Å². The molecule has 4 heteroatoms. The van der Waals surface area contributed by atoms with Crippen LogP contribution in [0.1, 0.15) is 36.4 Å². The standard InChI is InChI=1S/C21H31N3O/c1-15-7-4-5-10-18(15)21-19-13-23(17-8-6-9-17)11-16(19)12-24(21)20(25)14-22(2)3/h4-5,7,10,16-17,19,21H,6,8-9,11-14H2,1-3H3/t16-,19-,21+/m1/s1. The van der Waals surface area contributed by atoms with Crippen LogP contribution in [-0.2, 0) is 4.79 Å². The number of fused-ring (bicyclic) bond motifs is 1. The van der Waals surface area contributed by atoms with Gasteiger partial charge in [-0.2, -0.15) is 0 Å². The van der Waals surface area contributed by atoms with Gasteiger partial charge in [0, 0.05) is 31.6 Å². The minimum absolute atomic E-state index is 0.253. The van der Waals surface area contributed by atoms with E-state index in [1.807, 2.05) is 19.0 Å². The Morgan fingerprint density at radius 1 is 1.16 bits per heavy atom. The number of benzene rings is 1. The van der Waals surface area contributed by atoms with Crippen molar-refractivity contribution >= 4 is 5.91 Å². The first-order valence-electron chi connectivity index (χ1n) is 9.78. The fraction of sp³-hybridized carbons (Fsp3) is 0.667. The Bertz CT molecular complexity index is 640. The molecule has 1 aromatic rings. The maximum Gasteiger partial charge on any atom is 0.237 e. The SMILES string of the molecule is Cc1ccccc1[C@H]1[C@@H]2CN(C3CCC3)C[C@@H]2CN1C(=O)CN(C)C. The fourth-order valence-corrected chi connectivity index (χ4v) is 5.06. The average Bonchev–Trinajstić information content (AvgIpc) is 3.03. The highest BCUT2D eigenvalue weighted by Gasteiger charge is 2.50. The Labute approximate surface area is 151 Å². The largest absolute Gasteiger partial charge is 0.334 e. The molecular weight excluding hydrogens is 310 g/mol. The molecule has 25 heavy (non-hydrogen) atoms. The zero-order valence-electron chi connectivity index (χ0n) is 15.8. The molecule has 1 aliphatic carbocycles. The van der Waals surface area contributed by atoms with Crippen LogP contribution in [0.4, 0.5) is 0 Å². The number of aryl methyl sites for hydroxylation is 1. The molecule has 0 bridgehead atoms. The maximum atomic E-state index is 12.9. The number of carbonyl (C=O) groups is 1. The van der Waals surface area contributed by atoms with Gasteiger partial charge in [0.1, 0.15) is 0 Å². The Kier molecular flexibility index (Phi) is 4.59. The van der Waals surface area contributed by atoms with Gasteiger partial charge in [0.25, 0.3) is 0 Å². The van der Waals surface area contributed by atoms with E-state index in [4.69, 9.17) is 0 Å². The predicted molar refractivity (Wildman–Crippen MR) is 100 cm³/mol. The van der Waals surface area contributed by atoms with Gasteiger partial charge in [0.05, 0.1) is 12.6 Å². The van der Waals surface area contributed by atoms with E-state index in [-0.39, 0.29) is 11.9 Å². The number of amides is 1. The lowest BCUT2D eigenvalue weighted by Gasteiger charge is -2.37. The highest BCUT2D eigenvalue weighted by molar-refractivity contribution is 5.79. The van der Waals surface area contributed by atoms with Crippen molar-refractivity contribution in [2.75, 3.05) is 40.3 Å². The van der Waals surface area contributed by atoms with Crippen LogP contribution < -0.4 is 0 Å². The van der Waals surface area contributed by atoms with Crippen LogP contribution in [-0.4, -0.2) is 66.9 Å². The normalized spacial score (nSPS) is 29.9. The molecule has 1 aromatic carbocycles. The topological polar surface area (TPSA) is 26.8 Å². The van der Waals surface area contributed by atoms with Crippen molar-refractivity contribution in [2.24, 2.45) is 11.8 Å². The van der Waals surface area contributed by atoms with Crippen molar-refractivity contribution in [3.05, 3.63) is 35.4 Å². The molecule has 0 N–H and O–H groups in total. The number of rotatable bonds is 4. The molecule has 3 atom stereocenters. The predicted octanol–water partition coefficient (Wildman–Crippen LogP) is 2.54. The summed E-state index contributed by atoms with van der Waals surface area (Å²) in [5.41, 5.74) is 2.68. The summed E-state index contributed by atoms with van der Waals surface area (Å²) in [5, 5.41) is 0. The first kappa shape index (κ1) is 17.0. The summed E-state index contributed by atoms with van der Waals surface area (Å²) >= 11 is 0. The van der Waals surface area contributed by atoms with Crippen LogP contribution in [0.15, 0.2) is 24.3 Å².